The number of rotatable bonds is 11. The number of anilines is 2. The molecule has 1 heterocycles. The van der Waals surface area contributed by atoms with Crippen LogP contribution < -0.4 is 15.4 Å². The van der Waals surface area contributed by atoms with E-state index in [2.05, 4.69) is 20.8 Å². The molecule has 3 aromatic carbocycles. The maximum Gasteiger partial charge on any atom is 0.338 e. The first-order valence-corrected chi connectivity index (χ1v) is 12.6. The van der Waals surface area contributed by atoms with Crippen molar-refractivity contribution in [2.75, 3.05) is 30.1 Å². The first kappa shape index (κ1) is 25.8. The third kappa shape index (κ3) is 6.89. The molecule has 1 amide bonds. The van der Waals surface area contributed by atoms with Gasteiger partial charge in [0.1, 0.15) is 5.75 Å². The third-order valence-corrected chi connectivity index (χ3v) is 6.20. The lowest BCUT2D eigenvalue weighted by atomic mass is 10.2. The molecule has 0 spiro atoms. The summed E-state index contributed by atoms with van der Waals surface area (Å²) >= 11 is 1.29. The Kier molecular flexibility index (Phi) is 8.77. The molecule has 0 aliphatic heterocycles. The molecule has 2 N–H and O–H groups in total. The summed E-state index contributed by atoms with van der Waals surface area (Å²) in [7, 11) is 1.63. The second kappa shape index (κ2) is 12.6. The van der Waals surface area contributed by atoms with Crippen molar-refractivity contribution in [2.24, 2.45) is 0 Å². The second-order valence-corrected chi connectivity index (χ2v) is 8.73. The number of aromatic nitrogens is 3. The lowest BCUT2D eigenvalue weighted by molar-refractivity contribution is -0.113. The van der Waals surface area contributed by atoms with E-state index in [-0.39, 0.29) is 11.7 Å². The highest BCUT2D eigenvalue weighted by atomic mass is 32.2. The zero-order valence-corrected chi connectivity index (χ0v) is 21.3. The van der Waals surface area contributed by atoms with Crippen LogP contribution in [0.3, 0.4) is 0 Å². The number of amides is 1. The molecular weight excluding hydrogens is 490 g/mol. The van der Waals surface area contributed by atoms with Crippen molar-refractivity contribution in [1.29, 1.82) is 0 Å². The quantitative estimate of drug-likeness (QED) is 0.216. The molecule has 0 aliphatic rings. The van der Waals surface area contributed by atoms with Gasteiger partial charge < -0.3 is 20.1 Å². The summed E-state index contributed by atoms with van der Waals surface area (Å²) in [6, 6.07) is 24.0. The number of para-hydroxylation sites is 1. The Balaban J connectivity index is 1.42. The van der Waals surface area contributed by atoms with E-state index in [9.17, 15) is 9.59 Å². The monoisotopic (exact) mass is 517 g/mol. The standard InChI is InChI=1S/C27H27N5O4S/c1-3-36-26(34)19-9-11-21(12-10-19)29-25(33)18-37-27-31-30-24(32(27)22-7-5-4-6-8-22)17-28-20-13-15-23(35-2)16-14-20/h4-16,28H,3,17-18H2,1-2H3,(H,29,33). The molecule has 0 aliphatic carbocycles. The van der Waals surface area contributed by atoms with Gasteiger partial charge in [0, 0.05) is 17.1 Å². The van der Waals surface area contributed by atoms with Crippen LogP contribution in [0.15, 0.2) is 84.0 Å². The number of carbonyl (C=O) groups is 2. The Morgan fingerprint density at radius 2 is 1.62 bits per heavy atom. The molecular formula is C27H27N5O4S. The number of thioether (sulfide) groups is 1. The minimum atomic E-state index is -0.395. The Morgan fingerprint density at radius 3 is 2.30 bits per heavy atom. The van der Waals surface area contributed by atoms with E-state index in [1.807, 2.05) is 59.2 Å². The van der Waals surface area contributed by atoms with Crippen molar-refractivity contribution in [2.45, 2.75) is 18.6 Å². The Hall–Kier alpha value is -4.31. The maximum absolute atomic E-state index is 12.6. The zero-order chi connectivity index (χ0) is 26.0. The molecule has 0 bridgehead atoms. The largest absolute Gasteiger partial charge is 0.497 e. The summed E-state index contributed by atoms with van der Waals surface area (Å²) in [4.78, 5) is 24.4. The average Bonchev–Trinajstić information content (AvgIpc) is 3.35. The van der Waals surface area contributed by atoms with Crippen molar-refractivity contribution < 1.29 is 19.1 Å². The van der Waals surface area contributed by atoms with Gasteiger partial charge in [-0.3, -0.25) is 9.36 Å². The number of benzene rings is 3. The van der Waals surface area contributed by atoms with Gasteiger partial charge in [0.2, 0.25) is 5.91 Å². The van der Waals surface area contributed by atoms with Gasteiger partial charge >= 0.3 is 5.97 Å². The van der Waals surface area contributed by atoms with Gasteiger partial charge in [-0.25, -0.2) is 4.79 Å². The van der Waals surface area contributed by atoms with Crippen LogP contribution in [-0.4, -0.2) is 46.1 Å². The van der Waals surface area contributed by atoms with Crippen molar-refractivity contribution in [1.82, 2.24) is 14.8 Å². The van der Waals surface area contributed by atoms with Gasteiger partial charge in [0.15, 0.2) is 11.0 Å². The van der Waals surface area contributed by atoms with Crippen molar-refractivity contribution >= 4 is 35.0 Å². The van der Waals surface area contributed by atoms with Crippen LogP contribution >= 0.6 is 11.8 Å². The maximum atomic E-state index is 12.6. The molecule has 10 heteroatoms. The lowest BCUT2D eigenvalue weighted by Gasteiger charge is -2.12. The molecule has 0 atom stereocenters. The highest BCUT2D eigenvalue weighted by Crippen LogP contribution is 2.23. The van der Waals surface area contributed by atoms with Crippen molar-refractivity contribution in [3.05, 3.63) is 90.3 Å². The van der Waals surface area contributed by atoms with E-state index < -0.39 is 5.97 Å². The van der Waals surface area contributed by atoms with Crippen LogP contribution in [0.2, 0.25) is 0 Å². The van der Waals surface area contributed by atoms with Crippen LogP contribution in [0.1, 0.15) is 23.1 Å². The molecule has 1 aromatic heterocycles. The lowest BCUT2D eigenvalue weighted by Crippen LogP contribution is -2.15. The smallest absolute Gasteiger partial charge is 0.338 e. The molecule has 9 nitrogen and oxygen atoms in total. The number of hydrogen-bond acceptors (Lipinski definition) is 8. The van der Waals surface area contributed by atoms with Crippen LogP contribution in [0.25, 0.3) is 5.69 Å². The van der Waals surface area contributed by atoms with Gasteiger partial charge in [-0.2, -0.15) is 0 Å². The molecule has 0 saturated carbocycles. The number of methoxy groups -OCH3 is 1. The summed E-state index contributed by atoms with van der Waals surface area (Å²) in [5, 5.41) is 15.5. The summed E-state index contributed by atoms with van der Waals surface area (Å²) in [6.45, 7) is 2.50. The summed E-state index contributed by atoms with van der Waals surface area (Å²) in [5.41, 5.74) is 2.84. The van der Waals surface area contributed by atoms with Gasteiger partial charge in [0.05, 0.1) is 31.6 Å². The number of ether oxygens (including phenoxy) is 2. The predicted octanol–water partition coefficient (Wildman–Crippen LogP) is 4.80. The molecule has 190 valence electrons. The summed E-state index contributed by atoms with van der Waals surface area (Å²) in [5.74, 6) is 1.03. The Morgan fingerprint density at radius 1 is 0.919 bits per heavy atom. The fraction of sp³-hybridized carbons (Fsp3) is 0.185. The van der Waals surface area contributed by atoms with Crippen LogP contribution in [0.4, 0.5) is 11.4 Å². The Labute approximate surface area is 219 Å². The number of esters is 1. The first-order valence-electron chi connectivity index (χ1n) is 11.6. The van der Waals surface area contributed by atoms with Gasteiger partial charge in [0.25, 0.3) is 0 Å². The van der Waals surface area contributed by atoms with Crippen molar-refractivity contribution in [3.8, 4) is 11.4 Å². The molecule has 0 saturated heterocycles. The summed E-state index contributed by atoms with van der Waals surface area (Å²) in [6.07, 6.45) is 0. The zero-order valence-electron chi connectivity index (χ0n) is 20.5. The molecule has 37 heavy (non-hydrogen) atoms. The fourth-order valence-corrected chi connectivity index (χ4v) is 4.24. The minimum Gasteiger partial charge on any atom is -0.497 e. The van der Waals surface area contributed by atoms with E-state index in [1.54, 1.807) is 38.3 Å². The molecule has 4 aromatic rings. The van der Waals surface area contributed by atoms with Crippen LogP contribution in [-0.2, 0) is 16.1 Å². The third-order valence-electron chi connectivity index (χ3n) is 5.27. The number of hydrogen-bond donors (Lipinski definition) is 2. The molecule has 0 unspecified atom stereocenters. The number of nitrogens with zero attached hydrogens (tertiary/aromatic N) is 3. The van der Waals surface area contributed by atoms with Crippen LogP contribution in [0.5, 0.6) is 5.75 Å². The highest BCUT2D eigenvalue weighted by molar-refractivity contribution is 7.99. The molecule has 4 rings (SSSR count). The van der Waals surface area contributed by atoms with E-state index in [0.29, 0.717) is 35.4 Å². The van der Waals surface area contributed by atoms with Crippen molar-refractivity contribution in [3.63, 3.8) is 0 Å². The number of carbonyl (C=O) groups excluding carboxylic acids is 2. The first-order chi connectivity index (χ1) is 18.1. The predicted molar refractivity (Wildman–Crippen MR) is 143 cm³/mol. The van der Waals surface area contributed by atoms with Crippen LogP contribution in [0, 0.1) is 0 Å². The van der Waals surface area contributed by atoms with E-state index in [0.717, 1.165) is 17.1 Å². The SMILES string of the molecule is CCOC(=O)c1ccc(NC(=O)CSc2nnc(CNc3ccc(OC)cc3)n2-c2ccccc2)cc1. The van der Waals surface area contributed by atoms with E-state index in [4.69, 9.17) is 9.47 Å². The highest BCUT2D eigenvalue weighted by Gasteiger charge is 2.16. The normalized spacial score (nSPS) is 10.5. The second-order valence-electron chi connectivity index (χ2n) is 7.79. The topological polar surface area (TPSA) is 107 Å². The Bertz CT molecular complexity index is 1330. The van der Waals surface area contributed by atoms with E-state index in [1.165, 1.54) is 11.8 Å². The fourth-order valence-electron chi connectivity index (χ4n) is 3.47. The minimum absolute atomic E-state index is 0.135. The van der Waals surface area contributed by atoms with Gasteiger partial charge in [-0.05, 0) is 67.6 Å². The summed E-state index contributed by atoms with van der Waals surface area (Å²) < 4.78 is 12.1. The number of nitrogens with one attached hydrogen (secondary N) is 2. The van der Waals surface area contributed by atoms with E-state index >= 15 is 0 Å². The molecule has 0 radical (unpaired) electrons. The van der Waals surface area contributed by atoms with Gasteiger partial charge in [-0.1, -0.05) is 30.0 Å². The average molecular weight is 518 g/mol. The van der Waals surface area contributed by atoms with Gasteiger partial charge in [-0.15, -0.1) is 10.2 Å². The molecule has 0 fully saturated rings.